The molecular formula is C26H28F2N4O. The quantitative estimate of drug-likeness (QED) is 0.704. The van der Waals surface area contributed by atoms with Gasteiger partial charge in [0, 0.05) is 31.8 Å². The third kappa shape index (κ3) is 4.42. The molecule has 33 heavy (non-hydrogen) atoms. The zero-order valence-electron chi connectivity index (χ0n) is 19.0. The van der Waals surface area contributed by atoms with Crippen LogP contribution >= 0.6 is 0 Å². The number of nitrogens with zero attached hydrogens (tertiary/aromatic N) is 4. The second kappa shape index (κ2) is 8.37. The van der Waals surface area contributed by atoms with Gasteiger partial charge in [0.1, 0.15) is 6.54 Å². The second-order valence-corrected chi connectivity index (χ2v) is 9.31. The fourth-order valence-electron chi connectivity index (χ4n) is 4.73. The minimum Gasteiger partial charge on any atom is -0.309 e. The number of guanidine groups is 1. The van der Waals surface area contributed by atoms with Crippen LogP contribution in [0.25, 0.3) is 0 Å². The molecule has 5 rings (SSSR count). The van der Waals surface area contributed by atoms with Crippen LogP contribution in [-0.2, 0) is 17.9 Å². The van der Waals surface area contributed by atoms with Crippen molar-refractivity contribution < 1.29 is 13.6 Å². The summed E-state index contributed by atoms with van der Waals surface area (Å²) in [4.78, 5) is 23.2. The molecule has 2 aromatic carbocycles. The van der Waals surface area contributed by atoms with E-state index in [-0.39, 0.29) is 5.91 Å². The van der Waals surface area contributed by atoms with Crippen LogP contribution in [0, 0.1) is 13.8 Å². The van der Waals surface area contributed by atoms with Crippen LogP contribution in [0.2, 0.25) is 0 Å². The number of carbonyl (C=O) groups excluding carboxylic acids is 1. The molecule has 0 atom stereocenters. The maximum absolute atomic E-state index is 14.3. The van der Waals surface area contributed by atoms with Gasteiger partial charge in [0.05, 0.1) is 18.7 Å². The molecule has 2 aromatic rings. The molecule has 3 heterocycles. The molecule has 5 nitrogen and oxygen atoms in total. The SMILES string of the molecule is Cc1ccc(CN2CCC3=C(C2)C(=O)N(Cc2ccc(C)cc2)C2=NCC(F)(F)CN23)cc1. The van der Waals surface area contributed by atoms with Crippen LogP contribution in [0.4, 0.5) is 8.78 Å². The number of halogens is 2. The number of carbonyl (C=O) groups is 1. The molecule has 3 aliphatic heterocycles. The molecule has 1 amide bonds. The summed E-state index contributed by atoms with van der Waals surface area (Å²) in [5.74, 6) is -2.67. The third-order valence-corrected chi connectivity index (χ3v) is 6.54. The minimum atomic E-state index is -2.91. The van der Waals surface area contributed by atoms with Crippen molar-refractivity contribution in [1.29, 1.82) is 0 Å². The van der Waals surface area contributed by atoms with E-state index in [0.29, 0.717) is 43.3 Å². The summed E-state index contributed by atoms with van der Waals surface area (Å²) in [6, 6.07) is 16.3. The molecule has 0 radical (unpaired) electrons. The van der Waals surface area contributed by atoms with Gasteiger partial charge in [-0.05, 0) is 25.0 Å². The molecule has 0 fully saturated rings. The number of aryl methyl sites for hydroxylation is 2. The Bertz CT molecular complexity index is 1120. The Morgan fingerprint density at radius 1 is 0.939 bits per heavy atom. The van der Waals surface area contributed by atoms with Crippen molar-refractivity contribution in [2.24, 2.45) is 4.99 Å². The molecule has 172 valence electrons. The minimum absolute atomic E-state index is 0.126. The van der Waals surface area contributed by atoms with Crippen molar-refractivity contribution in [3.05, 3.63) is 82.1 Å². The van der Waals surface area contributed by atoms with Crippen molar-refractivity contribution in [1.82, 2.24) is 14.7 Å². The van der Waals surface area contributed by atoms with Gasteiger partial charge in [-0.2, -0.15) is 0 Å². The van der Waals surface area contributed by atoms with Gasteiger partial charge >= 0.3 is 0 Å². The first-order valence-corrected chi connectivity index (χ1v) is 11.4. The van der Waals surface area contributed by atoms with Crippen LogP contribution < -0.4 is 0 Å². The Morgan fingerprint density at radius 2 is 1.55 bits per heavy atom. The fourth-order valence-corrected chi connectivity index (χ4v) is 4.73. The molecule has 0 bridgehead atoms. The Morgan fingerprint density at radius 3 is 2.18 bits per heavy atom. The Kier molecular flexibility index (Phi) is 5.52. The molecule has 0 aromatic heterocycles. The van der Waals surface area contributed by atoms with E-state index in [9.17, 15) is 13.6 Å². The van der Waals surface area contributed by atoms with Crippen LogP contribution in [0.5, 0.6) is 0 Å². The van der Waals surface area contributed by atoms with E-state index >= 15 is 0 Å². The summed E-state index contributed by atoms with van der Waals surface area (Å²) in [7, 11) is 0. The highest BCUT2D eigenvalue weighted by Gasteiger charge is 2.46. The maximum Gasteiger partial charge on any atom is 0.284 e. The van der Waals surface area contributed by atoms with E-state index < -0.39 is 19.0 Å². The van der Waals surface area contributed by atoms with E-state index in [0.717, 1.165) is 17.7 Å². The molecule has 0 spiro atoms. The van der Waals surface area contributed by atoms with Gasteiger partial charge in [-0.15, -0.1) is 0 Å². The van der Waals surface area contributed by atoms with Crippen molar-refractivity contribution >= 4 is 11.9 Å². The van der Waals surface area contributed by atoms with Crippen molar-refractivity contribution in [2.75, 3.05) is 26.2 Å². The normalized spacial score (nSPS) is 20.5. The molecule has 0 saturated heterocycles. The fraction of sp³-hybridized carbons (Fsp3) is 0.385. The summed E-state index contributed by atoms with van der Waals surface area (Å²) >= 11 is 0. The highest BCUT2D eigenvalue weighted by atomic mass is 19.3. The molecule has 3 aliphatic rings. The van der Waals surface area contributed by atoms with E-state index in [1.54, 1.807) is 9.80 Å². The third-order valence-electron chi connectivity index (χ3n) is 6.54. The summed E-state index contributed by atoms with van der Waals surface area (Å²) in [6.45, 7) is 5.24. The first-order valence-electron chi connectivity index (χ1n) is 11.4. The molecular weight excluding hydrogens is 422 g/mol. The summed E-state index contributed by atoms with van der Waals surface area (Å²) in [6.07, 6.45) is 0.556. The standard InChI is InChI=1S/C26H28F2N4O/c1-18-3-7-20(8-4-18)13-30-12-11-23-22(15-30)24(33)31(14-21-9-5-19(2)6-10-21)25-29-16-26(27,28)17-32(23)25/h3-10H,11-17H2,1-2H3. The number of aliphatic imine (C=N–C) groups is 1. The highest BCUT2D eigenvalue weighted by Crippen LogP contribution is 2.35. The average molecular weight is 451 g/mol. The van der Waals surface area contributed by atoms with Crippen molar-refractivity contribution in [2.45, 2.75) is 39.3 Å². The van der Waals surface area contributed by atoms with E-state index in [2.05, 4.69) is 41.1 Å². The zero-order chi connectivity index (χ0) is 23.2. The number of benzene rings is 2. The Balaban J connectivity index is 1.45. The smallest absolute Gasteiger partial charge is 0.284 e. The van der Waals surface area contributed by atoms with Gasteiger partial charge in [-0.1, -0.05) is 59.7 Å². The molecule has 0 aliphatic carbocycles. The van der Waals surface area contributed by atoms with Crippen LogP contribution in [0.3, 0.4) is 0 Å². The van der Waals surface area contributed by atoms with Gasteiger partial charge in [-0.3, -0.25) is 14.6 Å². The summed E-state index contributed by atoms with van der Waals surface area (Å²) < 4.78 is 28.7. The molecule has 7 heteroatoms. The molecule has 0 N–H and O–H groups in total. The zero-order valence-corrected chi connectivity index (χ0v) is 19.0. The number of fused-ring (bicyclic) bond motifs is 2. The van der Waals surface area contributed by atoms with Crippen LogP contribution in [-0.4, -0.2) is 58.7 Å². The van der Waals surface area contributed by atoms with Gasteiger partial charge < -0.3 is 4.90 Å². The Labute approximate surface area is 193 Å². The lowest BCUT2D eigenvalue weighted by atomic mass is 9.98. The number of amides is 1. The first-order chi connectivity index (χ1) is 15.8. The van der Waals surface area contributed by atoms with E-state index in [4.69, 9.17) is 0 Å². The van der Waals surface area contributed by atoms with Gasteiger partial charge in [-0.25, -0.2) is 13.8 Å². The number of alkyl halides is 2. The highest BCUT2D eigenvalue weighted by molar-refractivity contribution is 6.09. The van der Waals surface area contributed by atoms with E-state index in [1.807, 2.05) is 31.2 Å². The van der Waals surface area contributed by atoms with Gasteiger partial charge in [0.2, 0.25) is 5.96 Å². The largest absolute Gasteiger partial charge is 0.309 e. The van der Waals surface area contributed by atoms with Crippen LogP contribution in [0.15, 0.2) is 64.8 Å². The monoisotopic (exact) mass is 450 g/mol. The summed E-state index contributed by atoms with van der Waals surface area (Å²) in [5.41, 5.74) is 5.77. The predicted molar refractivity (Wildman–Crippen MR) is 124 cm³/mol. The maximum atomic E-state index is 14.3. The van der Waals surface area contributed by atoms with Gasteiger partial charge in [0.25, 0.3) is 11.8 Å². The number of hydrogen-bond acceptors (Lipinski definition) is 4. The number of hydrogen-bond donors (Lipinski definition) is 0. The van der Waals surface area contributed by atoms with Crippen molar-refractivity contribution in [3.8, 4) is 0 Å². The van der Waals surface area contributed by atoms with Gasteiger partial charge in [0.15, 0.2) is 0 Å². The Hall–Kier alpha value is -3.06. The van der Waals surface area contributed by atoms with E-state index in [1.165, 1.54) is 11.1 Å². The summed E-state index contributed by atoms with van der Waals surface area (Å²) in [5, 5.41) is 0. The molecule has 0 saturated carbocycles. The lowest BCUT2D eigenvalue weighted by Gasteiger charge is -2.46. The van der Waals surface area contributed by atoms with Crippen molar-refractivity contribution in [3.63, 3.8) is 0 Å². The predicted octanol–water partition coefficient (Wildman–Crippen LogP) is 4.11. The second-order valence-electron chi connectivity index (χ2n) is 9.31. The topological polar surface area (TPSA) is 39.2 Å². The lowest BCUT2D eigenvalue weighted by Crippen LogP contribution is -2.59. The number of rotatable bonds is 4. The molecule has 0 unspecified atom stereocenters. The van der Waals surface area contributed by atoms with Crippen LogP contribution in [0.1, 0.15) is 28.7 Å². The first kappa shape index (κ1) is 21.8. The lowest BCUT2D eigenvalue weighted by molar-refractivity contribution is -0.126. The average Bonchev–Trinajstić information content (AvgIpc) is 2.79.